The average Bonchev–Trinajstić information content (AvgIpc) is 2.36. The minimum absolute atomic E-state index is 0.346. The van der Waals surface area contributed by atoms with Gasteiger partial charge < -0.3 is 10.6 Å². The molecular weight excluding hydrogens is 295 g/mol. The SMILES string of the molecule is Cc1cc(C)c(NC(=O)Nc2ccc(Cl)cc2)c(Cl)c1. The molecule has 3 nitrogen and oxygen atoms in total. The van der Waals surface area contributed by atoms with Crippen molar-refractivity contribution in [2.75, 3.05) is 10.6 Å². The number of hydrogen-bond donors (Lipinski definition) is 2. The maximum atomic E-state index is 11.9. The first-order valence-corrected chi connectivity index (χ1v) is 6.81. The van der Waals surface area contributed by atoms with Crippen molar-refractivity contribution in [2.45, 2.75) is 13.8 Å². The van der Waals surface area contributed by atoms with Gasteiger partial charge in [0.25, 0.3) is 0 Å². The molecule has 2 aromatic rings. The van der Waals surface area contributed by atoms with Crippen molar-refractivity contribution in [3.63, 3.8) is 0 Å². The van der Waals surface area contributed by atoms with Crippen molar-refractivity contribution in [2.24, 2.45) is 0 Å². The first-order chi connectivity index (χ1) is 9.45. The number of anilines is 2. The van der Waals surface area contributed by atoms with Crippen molar-refractivity contribution in [1.29, 1.82) is 0 Å². The summed E-state index contributed by atoms with van der Waals surface area (Å²) in [4.78, 5) is 11.9. The third kappa shape index (κ3) is 3.65. The van der Waals surface area contributed by atoms with E-state index in [1.54, 1.807) is 24.3 Å². The summed E-state index contributed by atoms with van der Waals surface area (Å²) in [6.07, 6.45) is 0. The van der Waals surface area contributed by atoms with Gasteiger partial charge in [-0.25, -0.2) is 4.79 Å². The Morgan fingerprint density at radius 1 is 1.00 bits per heavy atom. The Morgan fingerprint density at radius 2 is 1.65 bits per heavy atom. The topological polar surface area (TPSA) is 41.1 Å². The highest BCUT2D eigenvalue weighted by molar-refractivity contribution is 6.34. The second-order valence-electron chi connectivity index (χ2n) is 4.52. The Balaban J connectivity index is 2.10. The Kier molecular flexibility index (Phi) is 4.53. The molecule has 104 valence electrons. The maximum absolute atomic E-state index is 11.9. The number of rotatable bonds is 2. The lowest BCUT2D eigenvalue weighted by Crippen LogP contribution is -2.20. The van der Waals surface area contributed by atoms with Crippen LogP contribution in [0.3, 0.4) is 0 Å². The predicted molar refractivity (Wildman–Crippen MR) is 85.0 cm³/mol. The lowest BCUT2D eigenvalue weighted by atomic mass is 10.1. The largest absolute Gasteiger partial charge is 0.323 e. The zero-order valence-corrected chi connectivity index (χ0v) is 12.6. The molecule has 20 heavy (non-hydrogen) atoms. The van der Waals surface area contributed by atoms with E-state index in [4.69, 9.17) is 23.2 Å². The number of halogens is 2. The molecule has 0 saturated carbocycles. The molecule has 2 amide bonds. The van der Waals surface area contributed by atoms with E-state index in [1.165, 1.54) is 0 Å². The number of hydrogen-bond acceptors (Lipinski definition) is 1. The monoisotopic (exact) mass is 308 g/mol. The molecule has 0 aliphatic rings. The molecular formula is C15H14Cl2N2O. The zero-order chi connectivity index (χ0) is 14.7. The van der Waals surface area contributed by atoms with Gasteiger partial charge in [0.05, 0.1) is 10.7 Å². The van der Waals surface area contributed by atoms with E-state index in [-0.39, 0.29) is 6.03 Å². The van der Waals surface area contributed by atoms with Crippen molar-refractivity contribution in [3.05, 3.63) is 57.6 Å². The summed E-state index contributed by atoms with van der Waals surface area (Å²) in [5.74, 6) is 0. The number of benzene rings is 2. The summed E-state index contributed by atoms with van der Waals surface area (Å²) in [6, 6.07) is 10.3. The highest BCUT2D eigenvalue weighted by atomic mass is 35.5. The first-order valence-electron chi connectivity index (χ1n) is 6.06. The summed E-state index contributed by atoms with van der Waals surface area (Å²) < 4.78 is 0. The fraction of sp³-hybridized carbons (Fsp3) is 0.133. The molecule has 0 atom stereocenters. The highest BCUT2D eigenvalue weighted by Gasteiger charge is 2.09. The van der Waals surface area contributed by atoms with Crippen LogP contribution in [0, 0.1) is 13.8 Å². The van der Waals surface area contributed by atoms with Crippen LogP contribution in [0.5, 0.6) is 0 Å². The summed E-state index contributed by atoms with van der Waals surface area (Å²) in [5.41, 5.74) is 3.24. The molecule has 0 saturated heterocycles. The third-order valence-electron chi connectivity index (χ3n) is 2.77. The van der Waals surface area contributed by atoms with Gasteiger partial charge in [0.2, 0.25) is 0 Å². The van der Waals surface area contributed by atoms with Crippen LogP contribution in [0.4, 0.5) is 16.2 Å². The lowest BCUT2D eigenvalue weighted by molar-refractivity contribution is 0.262. The normalized spacial score (nSPS) is 10.2. The zero-order valence-electron chi connectivity index (χ0n) is 11.1. The molecule has 0 aliphatic heterocycles. The third-order valence-corrected chi connectivity index (χ3v) is 3.32. The van der Waals surface area contributed by atoms with E-state index in [0.717, 1.165) is 11.1 Å². The number of carbonyl (C=O) groups excluding carboxylic acids is 1. The van der Waals surface area contributed by atoms with Crippen LogP contribution in [0.1, 0.15) is 11.1 Å². The van der Waals surface area contributed by atoms with Crippen LogP contribution in [-0.2, 0) is 0 Å². The fourth-order valence-electron chi connectivity index (χ4n) is 1.88. The van der Waals surface area contributed by atoms with E-state index >= 15 is 0 Å². The number of amides is 2. The molecule has 5 heteroatoms. The van der Waals surface area contributed by atoms with Crippen molar-refractivity contribution >= 4 is 40.6 Å². The smallest absolute Gasteiger partial charge is 0.308 e. The van der Waals surface area contributed by atoms with Crippen molar-refractivity contribution in [3.8, 4) is 0 Å². The van der Waals surface area contributed by atoms with Crippen LogP contribution in [0.25, 0.3) is 0 Å². The molecule has 0 unspecified atom stereocenters. The number of carbonyl (C=O) groups is 1. The van der Waals surface area contributed by atoms with E-state index in [1.807, 2.05) is 26.0 Å². The number of aryl methyl sites for hydroxylation is 2. The van der Waals surface area contributed by atoms with Gasteiger partial charge in [-0.1, -0.05) is 29.3 Å². The van der Waals surface area contributed by atoms with Crippen molar-refractivity contribution in [1.82, 2.24) is 0 Å². The Labute approximate surface area is 127 Å². The number of urea groups is 1. The fourth-order valence-corrected chi connectivity index (χ4v) is 2.38. The van der Waals surface area contributed by atoms with Gasteiger partial charge in [-0.3, -0.25) is 0 Å². The Bertz CT molecular complexity index is 616. The highest BCUT2D eigenvalue weighted by Crippen LogP contribution is 2.27. The lowest BCUT2D eigenvalue weighted by Gasteiger charge is -2.12. The van der Waals surface area contributed by atoms with Gasteiger partial charge in [0.1, 0.15) is 0 Å². The molecule has 0 fully saturated rings. The average molecular weight is 309 g/mol. The standard InChI is InChI=1S/C15H14Cl2N2O/c1-9-7-10(2)14(13(17)8-9)19-15(20)18-12-5-3-11(16)4-6-12/h3-8H,1-2H3,(H2,18,19,20). The summed E-state index contributed by atoms with van der Waals surface area (Å²) in [6.45, 7) is 3.85. The van der Waals surface area contributed by atoms with Gasteiger partial charge in [-0.05, 0) is 55.3 Å². The predicted octanol–water partition coefficient (Wildman–Crippen LogP) is 5.25. The maximum Gasteiger partial charge on any atom is 0.323 e. The molecule has 0 spiro atoms. The molecule has 0 radical (unpaired) electrons. The van der Waals surface area contributed by atoms with Crippen LogP contribution in [0.2, 0.25) is 10.0 Å². The molecule has 2 N–H and O–H groups in total. The first kappa shape index (κ1) is 14.7. The summed E-state index contributed by atoms with van der Waals surface area (Å²) in [7, 11) is 0. The molecule has 0 aliphatic carbocycles. The van der Waals surface area contributed by atoms with Gasteiger partial charge in [-0.15, -0.1) is 0 Å². The van der Waals surface area contributed by atoms with Gasteiger partial charge in [-0.2, -0.15) is 0 Å². The number of nitrogens with one attached hydrogen (secondary N) is 2. The minimum Gasteiger partial charge on any atom is -0.308 e. The molecule has 2 rings (SSSR count). The van der Waals surface area contributed by atoms with E-state index in [0.29, 0.717) is 21.4 Å². The second kappa shape index (κ2) is 6.16. The van der Waals surface area contributed by atoms with Crippen LogP contribution in [0.15, 0.2) is 36.4 Å². The van der Waals surface area contributed by atoms with Crippen LogP contribution >= 0.6 is 23.2 Å². The van der Waals surface area contributed by atoms with E-state index in [9.17, 15) is 4.79 Å². The van der Waals surface area contributed by atoms with Crippen LogP contribution < -0.4 is 10.6 Å². The molecule has 0 heterocycles. The van der Waals surface area contributed by atoms with Gasteiger partial charge in [0, 0.05) is 10.7 Å². The quantitative estimate of drug-likeness (QED) is 0.781. The van der Waals surface area contributed by atoms with Crippen molar-refractivity contribution < 1.29 is 4.79 Å². The van der Waals surface area contributed by atoms with E-state index in [2.05, 4.69) is 10.6 Å². The second-order valence-corrected chi connectivity index (χ2v) is 5.37. The van der Waals surface area contributed by atoms with E-state index < -0.39 is 0 Å². The van der Waals surface area contributed by atoms with Gasteiger partial charge >= 0.3 is 6.03 Å². The minimum atomic E-state index is -0.346. The molecule has 2 aromatic carbocycles. The Morgan fingerprint density at radius 3 is 2.25 bits per heavy atom. The Hall–Kier alpha value is -1.71. The van der Waals surface area contributed by atoms with Gasteiger partial charge in [0.15, 0.2) is 0 Å². The molecule has 0 bridgehead atoms. The molecule has 0 aromatic heterocycles. The van der Waals surface area contributed by atoms with Crippen LogP contribution in [-0.4, -0.2) is 6.03 Å². The summed E-state index contributed by atoms with van der Waals surface area (Å²) >= 11 is 11.9. The summed E-state index contributed by atoms with van der Waals surface area (Å²) in [5, 5.41) is 6.61.